The van der Waals surface area contributed by atoms with Crippen LogP contribution in [0, 0.1) is 17.8 Å². The van der Waals surface area contributed by atoms with E-state index in [0.29, 0.717) is 18.4 Å². The van der Waals surface area contributed by atoms with Crippen LogP contribution in [0.1, 0.15) is 26.7 Å². The quantitative estimate of drug-likeness (QED) is 0.213. The number of likely N-dealkylation sites (tertiary alicyclic amines) is 1. The van der Waals surface area contributed by atoms with Crippen molar-refractivity contribution in [1.82, 2.24) is 24.8 Å². The Hall–Kier alpha value is -2.70. The number of aromatic nitrogens is 3. The maximum atomic E-state index is 14.7. The number of aliphatic hydroxyl groups is 1. The van der Waals surface area contributed by atoms with Gasteiger partial charge in [-0.05, 0) is 30.9 Å². The zero-order valence-corrected chi connectivity index (χ0v) is 25.7. The molecule has 12 heteroatoms. The summed E-state index contributed by atoms with van der Waals surface area (Å²) in [5.74, 6) is -2.28. The number of carbonyl (C=O) groups is 3. The molecule has 3 saturated heterocycles. The van der Waals surface area contributed by atoms with Crippen LogP contribution >= 0.6 is 27.7 Å². The van der Waals surface area contributed by atoms with Gasteiger partial charge in [-0.2, -0.15) is 0 Å². The molecular weight excluding hydrogens is 610 g/mol. The maximum absolute atomic E-state index is 14.7. The predicted octanol–water partition coefficient (Wildman–Crippen LogP) is 3.00. The normalized spacial score (nSPS) is 29.1. The fourth-order valence-corrected chi connectivity index (χ4v) is 10.4. The number of ether oxygens (including phenoxy) is 1. The molecule has 2 amide bonds. The monoisotopic (exact) mass is 645 g/mol. The number of amides is 2. The van der Waals surface area contributed by atoms with Crippen molar-refractivity contribution in [3.05, 3.63) is 49.6 Å². The number of para-hydroxylation sites is 1. The molecule has 3 unspecified atom stereocenters. The number of halogens is 1. The number of thioether (sulfide) groups is 1. The smallest absolute Gasteiger partial charge is 0.311 e. The molecule has 3 fully saturated rings. The number of aliphatic hydroxyl groups excluding tert-OH is 1. The molecule has 2 bridgehead atoms. The van der Waals surface area contributed by atoms with Crippen molar-refractivity contribution in [1.29, 1.82) is 0 Å². The molecule has 1 aromatic heterocycles. The van der Waals surface area contributed by atoms with Gasteiger partial charge in [0.25, 0.3) is 0 Å². The number of esters is 1. The van der Waals surface area contributed by atoms with Crippen molar-refractivity contribution in [3.63, 3.8) is 0 Å². The second-order valence-corrected chi connectivity index (χ2v) is 14.1. The molecule has 0 radical (unpaired) electrons. The van der Waals surface area contributed by atoms with Crippen LogP contribution in [0.5, 0.6) is 0 Å². The third-order valence-electron chi connectivity index (χ3n) is 8.31. The Morgan fingerprint density at radius 3 is 2.76 bits per heavy atom. The van der Waals surface area contributed by atoms with E-state index in [-0.39, 0.29) is 54.2 Å². The SMILES string of the molecule is C=CCOC(=O)[C@H]1[C@@H]2SC3(CC2Br)C(C(=O)N(CC=C)Cn2nnc4ccccc42)N([C@@H](CO)CC(C)C)C(=O)[C@H]13. The summed E-state index contributed by atoms with van der Waals surface area (Å²) < 4.78 is 6.27. The molecule has 7 atom stereocenters. The minimum absolute atomic E-state index is 0.0469. The number of benzene rings is 1. The van der Waals surface area contributed by atoms with Crippen LogP contribution in [0.4, 0.5) is 0 Å². The first-order valence-electron chi connectivity index (χ1n) is 13.9. The van der Waals surface area contributed by atoms with Crippen molar-refractivity contribution in [3.8, 4) is 0 Å². The largest absolute Gasteiger partial charge is 0.461 e. The van der Waals surface area contributed by atoms with E-state index < -0.39 is 34.6 Å². The predicted molar refractivity (Wildman–Crippen MR) is 160 cm³/mol. The van der Waals surface area contributed by atoms with E-state index >= 15 is 0 Å². The summed E-state index contributed by atoms with van der Waals surface area (Å²) in [4.78, 5) is 45.6. The lowest BCUT2D eigenvalue weighted by atomic mass is 9.71. The van der Waals surface area contributed by atoms with E-state index in [2.05, 4.69) is 39.4 Å². The molecule has 1 aromatic carbocycles. The van der Waals surface area contributed by atoms with E-state index in [1.54, 1.807) is 20.6 Å². The number of carbonyl (C=O) groups excluding carboxylic acids is 3. The Balaban J connectivity index is 1.57. The van der Waals surface area contributed by atoms with E-state index in [1.165, 1.54) is 17.8 Å². The van der Waals surface area contributed by atoms with Crippen LogP contribution in [0.15, 0.2) is 49.6 Å². The van der Waals surface area contributed by atoms with Gasteiger partial charge in [0.1, 0.15) is 24.8 Å². The summed E-state index contributed by atoms with van der Waals surface area (Å²) in [5.41, 5.74) is 1.49. The van der Waals surface area contributed by atoms with Gasteiger partial charge >= 0.3 is 5.97 Å². The first kappa shape index (κ1) is 29.8. The zero-order valence-electron chi connectivity index (χ0n) is 23.3. The number of hydrogen-bond donors (Lipinski definition) is 1. The second kappa shape index (κ2) is 11.9. The third-order valence-corrected chi connectivity index (χ3v) is 11.5. The molecule has 5 rings (SSSR count). The average molecular weight is 647 g/mol. The summed E-state index contributed by atoms with van der Waals surface area (Å²) in [7, 11) is 0. The number of alkyl halides is 1. The number of rotatable bonds is 12. The third kappa shape index (κ3) is 5.01. The van der Waals surface area contributed by atoms with Crippen LogP contribution in [0.2, 0.25) is 0 Å². The highest BCUT2D eigenvalue weighted by Gasteiger charge is 2.76. The van der Waals surface area contributed by atoms with Crippen LogP contribution in [-0.4, -0.2) is 94.4 Å². The Morgan fingerprint density at radius 1 is 1.32 bits per heavy atom. The summed E-state index contributed by atoms with van der Waals surface area (Å²) in [6.45, 7) is 11.6. The Labute approximate surface area is 252 Å². The summed E-state index contributed by atoms with van der Waals surface area (Å²) >= 11 is 5.31. The van der Waals surface area contributed by atoms with E-state index in [4.69, 9.17) is 4.74 Å². The number of hydrogen-bond acceptors (Lipinski definition) is 8. The Kier molecular flexibility index (Phi) is 8.63. The van der Waals surface area contributed by atoms with Gasteiger partial charge in [-0.15, -0.1) is 23.4 Å². The van der Waals surface area contributed by atoms with E-state index in [1.807, 2.05) is 38.1 Å². The first-order chi connectivity index (χ1) is 19.7. The second-order valence-electron chi connectivity index (χ2n) is 11.4. The molecule has 0 saturated carbocycles. The van der Waals surface area contributed by atoms with Crippen LogP contribution in [0.25, 0.3) is 11.0 Å². The van der Waals surface area contributed by atoms with Crippen molar-refractivity contribution in [2.24, 2.45) is 17.8 Å². The molecular formula is C29H36BrN5O5S. The summed E-state index contributed by atoms with van der Waals surface area (Å²) in [5, 5.41) is 18.8. The minimum Gasteiger partial charge on any atom is -0.461 e. The molecule has 1 N–H and O–H groups in total. The van der Waals surface area contributed by atoms with Gasteiger partial charge in [-0.1, -0.05) is 65.9 Å². The molecule has 3 aliphatic rings. The van der Waals surface area contributed by atoms with Gasteiger partial charge < -0.3 is 19.6 Å². The van der Waals surface area contributed by atoms with Gasteiger partial charge in [0.2, 0.25) is 11.8 Å². The standard InChI is InChI=1S/C29H36BrN5O5S/c1-5-11-33(16-34-21-10-8-7-9-20(21)31-32-34)27(38)25-29-14-19(30)24(41-29)22(28(39)40-12-6-2)23(29)26(37)35(25)18(15-36)13-17(3)4/h5-10,17-19,22-25,36H,1-2,11-16H2,3-4H3/t18-,19?,22-,23+,24-,25?,29?/m1/s1. The van der Waals surface area contributed by atoms with Crippen molar-refractivity contribution in [2.75, 3.05) is 19.8 Å². The van der Waals surface area contributed by atoms with E-state index in [9.17, 15) is 19.5 Å². The topological polar surface area (TPSA) is 118 Å². The molecule has 10 nitrogen and oxygen atoms in total. The molecule has 41 heavy (non-hydrogen) atoms. The molecule has 2 aromatic rings. The maximum Gasteiger partial charge on any atom is 0.311 e. The first-order valence-corrected chi connectivity index (χ1v) is 15.7. The van der Waals surface area contributed by atoms with Crippen LogP contribution in [0.3, 0.4) is 0 Å². The van der Waals surface area contributed by atoms with Gasteiger partial charge in [-0.3, -0.25) is 14.4 Å². The van der Waals surface area contributed by atoms with Gasteiger partial charge in [0, 0.05) is 16.6 Å². The highest BCUT2D eigenvalue weighted by molar-refractivity contribution is 9.09. The lowest BCUT2D eigenvalue weighted by Gasteiger charge is -2.40. The van der Waals surface area contributed by atoms with Crippen molar-refractivity contribution in [2.45, 2.75) is 60.3 Å². The zero-order chi connectivity index (χ0) is 29.5. The van der Waals surface area contributed by atoms with Gasteiger partial charge in [0.15, 0.2) is 0 Å². The molecule has 0 aliphatic carbocycles. The number of fused-ring (bicyclic) bond motifs is 2. The summed E-state index contributed by atoms with van der Waals surface area (Å²) in [6, 6.07) is 6.04. The Bertz CT molecular complexity index is 1350. The fraction of sp³-hybridized carbons (Fsp3) is 0.552. The molecule has 3 aliphatic heterocycles. The average Bonchev–Trinajstić information content (AvgIpc) is 3.67. The molecule has 220 valence electrons. The van der Waals surface area contributed by atoms with Crippen LogP contribution in [-0.2, 0) is 25.8 Å². The molecule has 1 spiro atoms. The van der Waals surface area contributed by atoms with Crippen LogP contribution < -0.4 is 0 Å². The minimum atomic E-state index is -0.891. The Morgan fingerprint density at radius 2 is 2.07 bits per heavy atom. The van der Waals surface area contributed by atoms with Gasteiger partial charge in [-0.25, -0.2) is 4.68 Å². The van der Waals surface area contributed by atoms with Crippen molar-refractivity contribution >= 4 is 56.5 Å². The summed E-state index contributed by atoms with van der Waals surface area (Å²) in [6.07, 6.45) is 4.19. The number of nitrogens with zero attached hydrogens (tertiary/aromatic N) is 5. The highest BCUT2D eigenvalue weighted by Crippen LogP contribution is 2.68. The fourth-order valence-electron chi connectivity index (χ4n) is 6.80. The lowest BCUT2D eigenvalue weighted by molar-refractivity contribution is -0.153. The van der Waals surface area contributed by atoms with Gasteiger partial charge in [0.05, 0.1) is 34.7 Å². The highest BCUT2D eigenvalue weighted by atomic mass is 79.9. The van der Waals surface area contributed by atoms with Crippen molar-refractivity contribution < 1.29 is 24.2 Å². The lowest BCUT2D eigenvalue weighted by Crippen LogP contribution is -2.58. The van der Waals surface area contributed by atoms with E-state index in [0.717, 1.165) is 5.52 Å². The molecule has 4 heterocycles.